The van der Waals surface area contributed by atoms with Gasteiger partial charge in [0.05, 0.1) is 11.5 Å². The van der Waals surface area contributed by atoms with Crippen molar-refractivity contribution in [2.24, 2.45) is 5.73 Å². The van der Waals surface area contributed by atoms with E-state index in [9.17, 15) is 14.4 Å². The van der Waals surface area contributed by atoms with Crippen molar-refractivity contribution in [1.29, 1.82) is 5.26 Å². The van der Waals surface area contributed by atoms with Crippen LogP contribution in [0.25, 0.3) is 0 Å². The zero-order chi connectivity index (χ0) is 22.8. The number of rotatable bonds is 3. The third kappa shape index (κ3) is 4.21. The molecule has 8 heteroatoms. The van der Waals surface area contributed by atoms with E-state index < -0.39 is 5.92 Å². The van der Waals surface area contributed by atoms with Crippen LogP contribution in [0.4, 0.5) is 10.1 Å². The number of amides is 1. The maximum absolute atomic E-state index is 13.6. The number of ether oxygens (including phenoxy) is 1. The van der Waals surface area contributed by atoms with Crippen LogP contribution in [0.2, 0.25) is 0 Å². The molecular formula is C24H22BrFN4O2. The quantitative estimate of drug-likeness (QED) is 0.693. The van der Waals surface area contributed by atoms with Crippen molar-refractivity contribution in [3.05, 3.63) is 87.2 Å². The molecule has 0 aliphatic carbocycles. The van der Waals surface area contributed by atoms with Gasteiger partial charge in [-0.1, -0.05) is 28.1 Å². The number of allylic oxidation sites excluding steroid dienone is 2. The molecule has 0 bridgehead atoms. The molecule has 4 rings (SSSR count). The second kappa shape index (κ2) is 9.05. The third-order valence-corrected chi connectivity index (χ3v) is 6.33. The van der Waals surface area contributed by atoms with Gasteiger partial charge in [-0.15, -0.1) is 0 Å². The molecule has 0 unspecified atom stereocenters. The molecule has 2 aromatic rings. The third-order valence-electron chi connectivity index (χ3n) is 5.80. The molecule has 0 saturated carbocycles. The molecule has 1 saturated heterocycles. The lowest BCUT2D eigenvalue weighted by Crippen LogP contribution is -2.50. The van der Waals surface area contributed by atoms with Crippen molar-refractivity contribution in [2.75, 3.05) is 31.1 Å². The monoisotopic (exact) mass is 496 g/mol. The lowest BCUT2D eigenvalue weighted by molar-refractivity contribution is -0.128. The molecule has 0 spiro atoms. The average Bonchev–Trinajstić information content (AvgIpc) is 2.79. The Kier molecular flexibility index (Phi) is 6.19. The van der Waals surface area contributed by atoms with Gasteiger partial charge in [0.25, 0.3) is 5.91 Å². The van der Waals surface area contributed by atoms with Gasteiger partial charge >= 0.3 is 0 Å². The van der Waals surface area contributed by atoms with Crippen molar-refractivity contribution in [1.82, 2.24) is 4.90 Å². The summed E-state index contributed by atoms with van der Waals surface area (Å²) in [5.74, 6) is -0.614. The number of nitrogens with zero attached hydrogens (tertiary/aromatic N) is 3. The number of nitriles is 1. The summed E-state index contributed by atoms with van der Waals surface area (Å²) in [5, 5.41) is 9.77. The fraction of sp³-hybridized carbons (Fsp3) is 0.250. The normalized spacial score (nSPS) is 19.0. The highest BCUT2D eigenvalue weighted by atomic mass is 79.9. The van der Waals surface area contributed by atoms with E-state index in [1.165, 1.54) is 12.1 Å². The van der Waals surface area contributed by atoms with Gasteiger partial charge in [0.1, 0.15) is 23.2 Å². The van der Waals surface area contributed by atoms with Crippen LogP contribution in [0.5, 0.6) is 0 Å². The van der Waals surface area contributed by atoms with Crippen LogP contribution < -0.4 is 10.6 Å². The highest BCUT2D eigenvalue weighted by Gasteiger charge is 2.38. The number of carbonyl (C=O) groups is 1. The maximum atomic E-state index is 13.6. The Morgan fingerprint density at radius 2 is 1.75 bits per heavy atom. The van der Waals surface area contributed by atoms with E-state index in [0.29, 0.717) is 37.5 Å². The predicted octanol–water partition coefficient (Wildman–Crippen LogP) is 4.02. The standard InChI is InChI=1S/C24H22BrFN4O2/c1-15-21(22(20(14-27)23(28)32-15)16-2-4-17(25)5-3-16)24(31)30-12-10-29(11-13-30)19-8-6-18(26)7-9-19/h2-9,22H,10-13,28H2,1H3/t22-/m0/s1. The minimum Gasteiger partial charge on any atom is -0.445 e. The number of benzene rings is 2. The summed E-state index contributed by atoms with van der Waals surface area (Å²) in [6.07, 6.45) is 0. The summed E-state index contributed by atoms with van der Waals surface area (Å²) in [7, 11) is 0. The second-order valence-electron chi connectivity index (χ2n) is 7.70. The fourth-order valence-electron chi connectivity index (χ4n) is 4.14. The number of piperazine rings is 1. The first-order valence-corrected chi connectivity index (χ1v) is 11.0. The molecule has 2 N–H and O–H groups in total. The molecule has 2 heterocycles. The molecule has 32 heavy (non-hydrogen) atoms. The van der Waals surface area contributed by atoms with Gasteiger partial charge in [0.2, 0.25) is 5.88 Å². The smallest absolute Gasteiger partial charge is 0.254 e. The highest BCUT2D eigenvalue weighted by Crippen LogP contribution is 2.40. The van der Waals surface area contributed by atoms with Gasteiger partial charge in [-0.05, 0) is 48.9 Å². The molecule has 0 radical (unpaired) electrons. The molecule has 2 aliphatic heterocycles. The van der Waals surface area contributed by atoms with E-state index in [2.05, 4.69) is 26.9 Å². The van der Waals surface area contributed by atoms with Crippen LogP contribution >= 0.6 is 15.9 Å². The van der Waals surface area contributed by atoms with Crippen molar-refractivity contribution in [3.63, 3.8) is 0 Å². The molecule has 1 amide bonds. The van der Waals surface area contributed by atoms with Crippen molar-refractivity contribution >= 4 is 27.5 Å². The molecule has 1 fully saturated rings. The first-order chi connectivity index (χ1) is 15.4. The van der Waals surface area contributed by atoms with E-state index in [1.807, 2.05) is 24.3 Å². The summed E-state index contributed by atoms with van der Waals surface area (Å²) < 4.78 is 19.7. The van der Waals surface area contributed by atoms with Gasteiger partial charge in [-0.25, -0.2) is 4.39 Å². The van der Waals surface area contributed by atoms with Gasteiger partial charge in [-0.2, -0.15) is 5.26 Å². The maximum Gasteiger partial charge on any atom is 0.254 e. The molecule has 0 aromatic heterocycles. The molecular weight excluding hydrogens is 475 g/mol. The number of carbonyl (C=O) groups excluding carboxylic acids is 1. The SMILES string of the molecule is CC1=C(C(=O)N2CCN(c3ccc(F)cc3)CC2)[C@@H](c2ccc(Br)cc2)C(C#N)=C(N)O1. The summed E-state index contributed by atoms with van der Waals surface area (Å²) in [6, 6.07) is 16.0. The van der Waals surface area contributed by atoms with Crippen LogP contribution in [-0.2, 0) is 9.53 Å². The summed E-state index contributed by atoms with van der Waals surface area (Å²) in [4.78, 5) is 17.5. The number of hydrogen-bond acceptors (Lipinski definition) is 5. The number of nitrogens with two attached hydrogens (primary N) is 1. The van der Waals surface area contributed by atoms with E-state index in [4.69, 9.17) is 10.5 Å². The molecule has 2 aliphatic rings. The Bertz CT molecular complexity index is 1130. The van der Waals surface area contributed by atoms with Gasteiger partial charge in [0, 0.05) is 36.3 Å². The summed E-state index contributed by atoms with van der Waals surface area (Å²) >= 11 is 3.42. The number of halogens is 2. The first-order valence-electron chi connectivity index (χ1n) is 10.2. The predicted molar refractivity (Wildman–Crippen MR) is 123 cm³/mol. The van der Waals surface area contributed by atoms with Gasteiger partial charge < -0.3 is 20.3 Å². The Morgan fingerprint density at radius 3 is 2.34 bits per heavy atom. The van der Waals surface area contributed by atoms with Crippen LogP contribution in [0.3, 0.4) is 0 Å². The minimum absolute atomic E-state index is 0.0237. The summed E-state index contributed by atoms with van der Waals surface area (Å²) in [5.41, 5.74) is 8.37. The first kappa shape index (κ1) is 21.9. The Balaban J connectivity index is 1.58. The van der Waals surface area contributed by atoms with Crippen LogP contribution in [0.15, 0.2) is 75.8 Å². The number of hydrogen-bond donors (Lipinski definition) is 1. The van der Waals surface area contributed by atoms with E-state index >= 15 is 0 Å². The Labute approximate surface area is 194 Å². The molecule has 2 aromatic carbocycles. The van der Waals surface area contributed by atoms with Crippen molar-refractivity contribution in [2.45, 2.75) is 12.8 Å². The lowest BCUT2D eigenvalue weighted by Gasteiger charge is -2.38. The molecule has 6 nitrogen and oxygen atoms in total. The van der Waals surface area contributed by atoms with Crippen LogP contribution in [0.1, 0.15) is 18.4 Å². The summed E-state index contributed by atoms with van der Waals surface area (Å²) in [6.45, 7) is 3.95. The van der Waals surface area contributed by atoms with E-state index in [0.717, 1.165) is 15.7 Å². The zero-order valence-electron chi connectivity index (χ0n) is 17.5. The lowest BCUT2D eigenvalue weighted by atomic mass is 9.82. The minimum atomic E-state index is -0.593. The van der Waals surface area contributed by atoms with E-state index in [1.54, 1.807) is 24.0 Å². The Hall–Kier alpha value is -3.31. The van der Waals surface area contributed by atoms with E-state index in [-0.39, 0.29) is 23.2 Å². The Morgan fingerprint density at radius 1 is 1.12 bits per heavy atom. The van der Waals surface area contributed by atoms with Gasteiger partial charge in [0.15, 0.2) is 0 Å². The molecule has 164 valence electrons. The number of anilines is 1. The van der Waals surface area contributed by atoms with Crippen molar-refractivity contribution < 1.29 is 13.9 Å². The van der Waals surface area contributed by atoms with Gasteiger partial charge in [-0.3, -0.25) is 4.79 Å². The van der Waals surface area contributed by atoms with Crippen LogP contribution in [-0.4, -0.2) is 37.0 Å². The second-order valence-corrected chi connectivity index (χ2v) is 8.62. The zero-order valence-corrected chi connectivity index (χ0v) is 19.1. The average molecular weight is 497 g/mol. The van der Waals surface area contributed by atoms with Crippen LogP contribution in [0, 0.1) is 17.1 Å². The van der Waals surface area contributed by atoms with Crippen molar-refractivity contribution in [3.8, 4) is 6.07 Å². The topological polar surface area (TPSA) is 82.6 Å². The molecule has 1 atom stereocenters. The highest BCUT2D eigenvalue weighted by molar-refractivity contribution is 9.10. The largest absolute Gasteiger partial charge is 0.445 e. The fourth-order valence-corrected chi connectivity index (χ4v) is 4.40.